The first-order chi connectivity index (χ1) is 15.5. The molecule has 0 spiro atoms. The quantitative estimate of drug-likeness (QED) is 0.729. The van der Waals surface area contributed by atoms with Crippen LogP contribution in [0, 0.1) is 0 Å². The Bertz CT molecular complexity index is 1100. The third-order valence-corrected chi connectivity index (χ3v) is 5.37. The summed E-state index contributed by atoms with van der Waals surface area (Å²) in [6.45, 7) is 8.49. The lowest BCUT2D eigenvalue weighted by molar-refractivity contribution is -0.129. The zero-order chi connectivity index (χ0) is 22.5. The van der Waals surface area contributed by atoms with Crippen LogP contribution in [0.3, 0.4) is 0 Å². The molecule has 164 valence electrons. The number of carbonyl (C=O) groups excluding carboxylic acids is 1. The number of phenols is 1. The molecule has 3 heterocycles. The fraction of sp³-hybridized carbons (Fsp3) is 0.261. The molecule has 1 aromatic heterocycles. The van der Waals surface area contributed by atoms with Gasteiger partial charge in [-0.15, -0.1) is 0 Å². The molecule has 1 N–H and O–H groups in total. The first kappa shape index (κ1) is 21.2. The van der Waals surface area contributed by atoms with Crippen molar-refractivity contribution in [2.24, 2.45) is 9.98 Å². The fourth-order valence-electron chi connectivity index (χ4n) is 3.69. The Morgan fingerprint density at radius 1 is 1.22 bits per heavy atom. The summed E-state index contributed by atoms with van der Waals surface area (Å²) < 4.78 is 0. The van der Waals surface area contributed by atoms with Gasteiger partial charge in [0.1, 0.15) is 17.3 Å². The number of piperazine rings is 1. The molecule has 1 fully saturated rings. The highest BCUT2D eigenvalue weighted by atomic mass is 16.3. The normalized spacial score (nSPS) is 16.7. The number of phenolic OH excluding ortho intramolecular Hbond substituents is 1. The Labute approximate surface area is 186 Å². The number of nitrogens with zero attached hydrogens (tertiary/aromatic N) is 7. The number of hydrogen-bond acceptors (Lipinski definition) is 8. The first-order valence-corrected chi connectivity index (χ1v) is 10.4. The van der Waals surface area contributed by atoms with Crippen molar-refractivity contribution in [3.8, 4) is 5.75 Å². The molecule has 2 aliphatic rings. The highest BCUT2D eigenvalue weighted by Gasteiger charge is 2.22. The Balaban J connectivity index is 1.59. The van der Waals surface area contributed by atoms with Crippen LogP contribution >= 0.6 is 0 Å². The molecule has 9 nitrogen and oxygen atoms in total. The van der Waals surface area contributed by atoms with E-state index in [4.69, 9.17) is 4.98 Å². The number of anilines is 1. The number of rotatable bonds is 5. The molecule has 2 aromatic rings. The van der Waals surface area contributed by atoms with Crippen LogP contribution in [-0.2, 0) is 4.79 Å². The van der Waals surface area contributed by atoms with E-state index in [2.05, 4.69) is 26.6 Å². The average molecular weight is 432 g/mol. The first-order valence-electron chi connectivity index (χ1n) is 10.4. The number of aromatic hydroxyl groups is 1. The number of hydrogen-bond donors (Lipinski definition) is 1. The summed E-state index contributed by atoms with van der Waals surface area (Å²) in [4.78, 5) is 35.2. The predicted molar refractivity (Wildman–Crippen MR) is 125 cm³/mol. The lowest BCUT2D eigenvalue weighted by atomic mass is 10.1. The fourth-order valence-corrected chi connectivity index (χ4v) is 3.69. The lowest BCUT2D eigenvalue weighted by Gasteiger charge is -2.35. The van der Waals surface area contributed by atoms with Crippen molar-refractivity contribution in [2.75, 3.05) is 37.6 Å². The number of benzene rings is 1. The van der Waals surface area contributed by atoms with Crippen LogP contribution in [0.25, 0.3) is 11.4 Å². The summed E-state index contributed by atoms with van der Waals surface area (Å²) in [6, 6.07) is 8.83. The molecule has 32 heavy (non-hydrogen) atoms. The summed E-state index contributed by atoms with van der Waals surface area (Å²) in [5.41, 5.74) is 2.20. The third kappa shape index (κ3) is 4.66. The van der Waals surface area contributed by atoms with Gasteiger partial charge in [0.15, 0.2) is 5.82 Å². The van der Waals surface area contributed by atoms with Crippen molar-refractivity contribution in [1.82, 2.24) is 19.8 Å². The Morgan fingerprint density at radius 3 is 2.75 bits per heavy atom. The Morgan fingerprint density at radius 2 is 2.03 bits per heavy atom. The zero-order valence-electron chi connectivity index (χ0n) is 17.9. The maximum Gasteiger partial charge on any atom is 0.219 e. The molecule has 2 aliphatic heterocycles. The Kier molecular flexibility index (Phi) is 6.25. The van der Waals surface area contributed by atoms with E-state index in [0.717, 1.165) is 11.4 Å². The maximum atomic E-state index is 11.6. The molecule has 9 heteroatoms. The monoisotopic (exact) mass is 431 g/mol. The maximum absolute atomic E-state index is 11.6. The lowest BCUT2D eigenvalue weighted by Crippen LogP contribution is -2.48. The van der Waals surface area contributed by atoms with Gasteiger partial charge in [0.2, 0.25) is 5.91 Å². The van der Waals surface area contributed by atoms with E-state index in [0.29, 0.717) is 49.9 Å². The molecule has 0 radical (unpaired) electrons. The zero-order valence-corrected chi connectivity index (χ0v) is 17.9. The number of carbonyl (C=O) groups is 1. The van der Waals surface area contributed by atoms with E-state index in [9.17, 15) is 9.90 Å². The number of aromatic nitrogens is 2. The van der Waals surface area contributed by atoms with Gasteiger partial charge >= 0.3 is 0 Å². The molecule has 0 saturated carbocycles. The standard InChI is InChI=1S/C23H25N7O2/c1-17(31)28-10-12-29(13-11-28)22-6-7-26-23(27-22)21(15-24-2)30-9-8-25-20(16-30)18-4-3-5-19(32)14-18/h3-8,14-16,32H,2,9-13H2,1H3/b21-15-. The molecule has 1 saturated heterocycles. The van der Waals surface area contributed by atoms with Crippen molar-refractivity contribution in [1.29, 1.82) is 0 Å². The van der Waals surface area contributed by atoms with Gasteiger partial charge in [0, 0.05) is 57.3 Å². The largest absolute Gasteiger partial charge is 0.508 e. The number of aliphatic imine (C=N–C) groups is 2. The number of amides is 1. The van der Waals surface area contributed by atoms with Crippen molar-refractivity contribution in [2.45, 2.75) is 6.92 Å². The van der Waals surface area contributed by atoms with Crippen molar-refractivity contribution in [3.63, 3.8) is 0 Å². The summed E-state index contributed by atoms with van der Waals surface area (Å²) in [5.74, 6) is 1.60. The van der Waals surface area contributed by atoms with Crippen LogP contribution in [0.2, 0.25) is 0 Å². The van der Waals surface area contributed by atoms with E-state index < -0.39 is 0 Å². The minimum atomic E-state index is 0.0939. The second-order valence-corrected chi connectivity index (χ2v) is 7.46. The predicted octanol–water partition coefficient (Wildman–Crippen LogP) is 2.23. The van der Waals surface area contributed by atoms with Crippen LogP contribution in [0.5, 0.6) is 5.75 Å². The molecule has 1 aromatic carbocycles. The van der Waals surface area contributed by atoms with E-state index in [1.165, 1.54) is 0 Å². The second-order valence-electron chi connectivity index (χ2n) is 7.46. The van der Waals surface area contributed by atoms with E-state index in [-0.39, 0.29) is 11.7 Å². The van der Waals surface area contributed by atoms with Crippen LogP contribution in [0.1, 0.15) is 18.3 Å². The summed E-state index contributed by atoms with van der Waals surface area (Å²) in [6.07, 6.45) is 7.03. The molecule has 0 unspecified atom stereocenters. The van der Waals surface area contributed by atoms with Crippen LogP contribution in [0.15, 0.2) is 58.9 Å². The second kappa shape index (κ2) is 9.42. The van der Waals surface area contributed by atoms with Gasteiger partial charge in [-0.2, -0.15) is 0 Å². The summed E-state index contributed by atoms with van der Waals surface area (Å²) in [5, 5.41) is 9.81. The van der Waals surface area contributed by atoms with Gasteiger partial charge in [-0.1, -0.05) is 12.1 Å². The van der Waals surface area contributed by atoms with Gasteiger partial charge < -0.3 is 19.8 Å². The van der Waals surface area contributed by atoms with E-state index >= 15 is 0 Å². The van der Waals surface area contributed by atoms with Crippen molar-refractivity contribution < 1.29 is 9.90 Å². The minimum Gasteiger partial charge on any atom is -0.508 e. The van der Waals surface area contributed by atoms with Gasteiger partial charge in [0.05, 0.1) is 18.4 Å². The van der Waals surface area contributed by atoms with Gasteiger partial charge in [-0.3, -0.25) is 14.8 Å². The van der Waals surface area contributed by atoms with E-state index in [1.54, 1.807) is 43.7 Å². The molecular formula is C23H25N7O2. The average Bonchev–Trinajstić information content (AvgIpc) is 2.83. The Hall–Kier alpha value is -4.01. The molecule has 0 atom stereocenters. The summed E-state index contributed by atoms with van der Waals surface area (Å²) >= 11 is 0. The van der Waals surface area contributed by atoms with Crippen molar-refractivity contribution >= 4 is 36.1 Å². The summed E-state index contributed by atoms with van der Waals surface area (Å²) in [7, 11) is 0. The molecular weight excluding hydrogens is 406 g/mol. The highest BCUT2D eigenvalue weighted by Crippen LogP contribution is 2.27. The molecule has 0 bridgehead atoms. The molecule has 4 rings (SSSR count). The smallest absolute Gasteiger partial charge is 0.219 e. The topological polar surface area (TPSA) is 97.5 Å². The van der Waals surface area contributed by atoms with E-state index in [1.807, 2.05) is 28.1 Å². The van der Waals surface area contributed by atoms with Gasteiger partial charge in [-0.25, -0.2) is 9.97 Å². The van der Waals surface area contributed by atoms with Gasteiger partial charge in [-0.05, 0) is 24.9 Å². The van der Waals surface area contributed by atoms with Crippen LogP contribution < -0.4 is 4.90 Å². The van der Waals surface area contributed by atoms with Gasteiger partial charge in [0.25, 0.3) is 0 Å². The minimum absolute atomic E-state index is 0.0939. The van der Waals surface area contributed by atoms with Crippen LogP contribution in [-0.4, -0.2) is 76.4 Å². The SMILES string of the molecule is C=N/C=C(/c1nccc(N2CCN(C(C)=O)CC2)n1)N1C=C(c2cccc(O)c2)N=CC1. The van der Waals surface area contributed by atoms with Crippen molar-refractivity contribution in [3.05, 3.63) is 60.3 Å². The molecule has 0 aliphatic carbocycles. The third-order valence-electron chi connectivity index (χ3n) is 5.37. The molecule has 1 amide bonds. The van der Waals surface area contributed by atoms with Crippen LogP contribution in [0.4, 0.5) is 5.82 Å². The highest BCUT2D eigenvalue weighted by molar-refractivity contribution is 5.80.